The van der Waals surface area contributed by atoms with Crippen molar-refractivity contribution in [2.45, 2.75) is 24.5 Å². The van der Waals surface area contributed by atoms with Crippen LogP contribution in [-0.4, -0.2) is 65.1 Å². The Morgan fingerprint density at radius 3 is 2.65 bits per heavy atom. The molecule has 0 aromatic carbocycles. The molecule has 3 N–H and O–H groups in total. The third-order valence-corrected chi connectivity index (χ3v) is 3.20. The summed E-state index contributed by atoms with van der Waals surface area (Å²) < 4.78 is 5.17. The molecule has 0 radical (unpaired) electrons. The van der Waals surface area contributed by atoms with Gasteiger partial charge in [0.1, 0.15) is 5.54 Å². The lowest BCUT2D eigenvalue weighted by Crippen LogP contribution is -2.51. The second kappa shape index (κ2) is 4.59. The minimum absolute atomic E-state index is 0.177. The predicted molar refractivity (Wildman–Crippen MR) is 56.1 cm³/mol. The molecule has 0 aliphatic carbocycles. The van der Waals surface area contributed by atoms with Gasteiger partial charge in [0.25, 0.3) is 5.91 Å². The van der Waals surface area contributed by atoms with Crippen molar-refractivity contribution in [1.82, 2.24) is 10.2 Å². The number of nitrogens with zero attached hydrogens (tertiary/aromatic N) is 1. The fourth-order valence-corrected chi connectivity index (χ4v) is 2.17. The summed E-state index contributed by atoms with van der Waals surface area (Å²) in [5, 5.41) is 20.7. The lowest BCUT2D eigenvalue weighted by atomic mass is 9.90. The van der Waals surface area contributed by atoms with Crippen LogP contribution in [-0.2, 0) is 9.53 Å². The van der Waals surface area contributed by atoms with E-state index in [0.29, 0.717) is 26.1 Å². The molecule has 3 amide bonds. The number of aliphatic hydroxyl groups excluding tert-OH is 2. The number of β-amino-alcohol motifs (C(OH)–C–C–N with tert-alkyl or cyclic N) is 1. The summed E-state index contributed by atoms with van der Waals surface area (Å²) >= 11 is 0. The van der Waals surface area contributed by atoms with E-state index in [1.165, 1.54) is 0 Å². The van der Waals surface area contributed by atoms with E-state index in [-0.39, 0.29) is 12.5 Å². The van der Waals surface area contributed by atoms with Crippen molar-refractivity contribution in [3.05, 3.63) is 0 Å². The highest BCUT2D eigenvalue weighted by atomic mass is 16.5. The van der Waals surface area contributed by atoms with E-state index in [1.807, 2.05) is 0 Å². The van der Waals surface area contributed by atoms with E-state index >= 15 is 0 Å². The SMILES string of the molecule is O=C1NC2(CCOCC2)C(=O)N1CC(O)CO. The average Bonchev–Trinajstić information content (AvgIpc) is 2.55. The number of carbonyl (C=O) groups excluding carboxylic acids is 2. The maximum Gasteiger partial charge on any atom is 0.325 e. The second-order valence-corrected chi connectivity index (χ2v) is 4.38. The molecule has 96 valence electrons. The van der Waals surface area contributed by atoms with Crippen LogP contribution in [0, 0.1) is 0 Å². The smallest absolute Gasteiger partial charge is 0.325 e. The zero-order chi connectivity index (χ0) is 12.5. The Bertz CT molecular complexity index is 327. The van der Waals surface area contributed by atoms with Crippen LogP contribution in [0.3, 0.4) is 0 Å². The molecule has 17 heavy (non-hydrogen) atoms. The van der Waals surface area contributed by atoms with Crippen LogP contribution in [0.2, 0.25) is 0 Å². The molecule has 2 fully saturated rings. The first-order chi connectivity index (χ1) is 8.09. The molecule has 2 aliphatic rings. The lowest BCUT2D eigenvalue weighted by molar-refractivity contribution is -0.135. The molecule has 1 atom stereocenters. The summed E-state index contributed by atoms with van der Waals surface area (Å²) in [5.74, 6) is -0.335. The molecule has 2 aliphatic heterocycles. The highest BCUT2D eigenvalue weighted by molar-refractivity contribution is 6.07. The topological polar surface area (TPSA) is 99.1 Å². The van der Waals surface area contributed by atoms with E-state index in [4.69, 9.17) is 9.84 Å². The van der Waals surface area contributed by atoms with Gasteiger partial charge in [0.05, 0.1) is 19.3 Å². The molecule has 0 bridgehead atoms. The van der Waals surface area contributed by atoms with E-state index in [9.17, 15) is 14.7 Å². The van der Waals surface area contributed by atoms with E-state index in [2.05, 4.69) is 5.32 Å². The number of rotatable bonds is 3. The fourth-order valence-electron chi connectivity index (χ4n) is 2.17. The maximum atomic E-state index is 12.1. The number of hydrogen-bond donors (Lipinski definition) is 3. The van der Waals surface area contributed by atoms with Gasteiger partial charge in [0.15, 0.2) is 0 Å². The van der Waals surface area contributed by atoms with Crippen LogP contribution in [0.25, 0.3) is 0 Å². The number of nitrogens with one attached hydrogen (secondary N) is 1. The van der Waals surface area contributed by atoms with Crippen molar-refractivity contribution >= 4 is 11.9 Å². The molecule has 0 aromatic heterocycles. The monoisotopic (exact) mass is 244 g/mol. The van der Waals surface area contributed by atoms with Crippen LogP contribution in [0.4, 0.5) is 4.79 Å². The zero-order valence-corrected chi connectivity index (χ0v) is 9.39. The molecule has 2 saturated heterocycles. The van der Waals surface area contributed by atoms with Crippen molar-refractivity contribution in [2.75, 3.05) is 26.4 Å². The van der Waals surface area contributed by atoms with Crippen molar-refractivity contribution in [3.63, 3.8) is 0 Å². The summed E-state index contributed by atoms with van der Waals surface area (Å²) in [6.07, 6.45) is -0.202. The first-order valence-corrected chi connectivity index (χ1v) is 5.60. The molecule has 0 saturated carbocycles. The van der Waals surface area contributed by atoms with Crippen molar-refractivity contribution in [3.8, 4) is 0 Å². The zero-order valence-electron chi connectivity index (χ0n) is 9.39. The van der Waals surface area contributed by atoms with Crippen molar-refractivity contribution in [2.24, 2.45) is 0 Å². The van der Waals surface area contributed by atoms with Gasteiger partial charge in [-0.2, -0.15) is 0 Å². The molecule has 1 spiro atoms. The standard InChI is InChI=1S/C10H16N2O5/c13-6-7(14)5-12-8(15)10(11-9(12)16)1-3-17-4-2-10/h7,13-14H,1-6H2,(H,11,16). The molecular formula is C10H16N2O5. The third-order valence-electron chi connectivity index (χ3n) is 3.20. The number of amides is 3. The third kappa shape index (κ3) is 2.13. The molecular weight excluding hydrogens is 228 g/mol. The molecule has 7 heteroatoms. The molecule has 2 rings (SSSR count). The highest BCUT2D eigenvalue weighted by Crippen LogP contribution is 2.28. The minimum Gasteiger partial charge on any atom is -0.394 e. The molecule has 1 unspecified atom stereocenters. The minimum atomic E-state index is -1.10. The Labute approximate surface area is 98.3 Å². The van der Waals surface area contributed by atoms with Gasteiger partial charge < -0.3 is 20.3 Å². The van der Waals surface area contributed by atoms with Gasteiger partial charge >= 0.3 is 6.03 Å². The van der Waals surface area contributed by atoms with Crippen LogP contribution < -0.4 is 5.32 Å². The quantitative estimate of drug-likeness (QED) is 0.521. The highest BCUT2D eigenvalue weighted by Gasteiger charge is 2.51. The number of ether oxygens (including phenoxy) is 1. The van der Waals surface area contributed by atoms with Gasteiger partial charge in [-0.1, -0.05) is 0 Å². The van der Waals surface area contributed by atoms with E-state index in [0.717, 1.165) is 4.90 Å². The Morgan fingerprint density at radius 1 is 1.41 bits per heavy atom. The Hall–Kier alpha value is -1.18. The van der Waals surface area contributed by atoms with E-state index < -0.39 is 24.3 Å². The van der Waals surface area contributed by atoms with Gasteiger partial charge in [-0.15, -0.1) is 0 Å². The first-order valence-electron chi connectivity index (χ1n) is 5.60. The van der Waals surface area contributed by atoms with Crippen LogP contribution in [0.15, 0.2) is 0 Å². The number of imide groups is 1. The predicted octanol–water partition coefficient (Wildman–Crippen LogP) is -1.56. The fraction of sp³-hybridized carbons (Fsp3) is 0.800. The summed E-state index contributed by atoms with van der Waals surface area (Å²) in [5.41, 5.74) is -0.871. The van der Waals surface area contributed by atoms with Crippen LogP contribution in [0.1, 0.15) is 12.8 Å². The van der Waals surface area contributed by atoms with Gasteiger partial charge in [-0.25, -0.2) is 4.79 Å². The number of urea groups is 1. The number of hydrogen-bond acceptors (Lipinski definition) is 5. The van der Waals surface area contributed by atoms with Crippen LogP contribution in [0.5, 0.6) is 0 Å². The molecule has 2 heterocycles. The summed E-state index contributed by atoms with van der Waals surface area (Å²) in [6.45, 7) is 0.210. The number of carbonyl (C=O) groups is 2. The van der Waals surface area contributed by atoms with Gasteiger partial charge in [-0.3, -0.25) is 9.69 Å². The van der Waals surface area contributed by atoms with Crippen LogP contribution >= 0.6 is 0 Å². The van der Waals surface area contributed by atoms with Gasteiger partial charge in [0, 0.05) is 26.1 Å². The summed E-state index contributed by atoms with van der Waals surface area (Å²) in [4.78, 5) is 24.8. The average molecular weight is 244 g/mol. The van der Waals surface area contributed by atoms with Crippen molar-refractivity contribution in [1.29, 1.82) is 0 Å². The summed E-state index contributed by atoms with van der Waals surface area (Å²) in [7, 11) is 0. The number of aliphatic hydroxyl groups is 2. The second-order valence-electron chi connectivity index (χ2n) is 4.38. The van der Waals surface area contributed by atoms with Crippen molar-refractivity contribution < 1.29 is 24.5 Å². The Morgan fingerprint density at radius 2 is 2.06 bits per heavy atom. The van der Waals surface area contributed by atoms with Gasteiger partial charge in [0.2, 0.25) is 0 Å². The normalized spacial score (nSPS) is 25.2. The summed E-state index contributed by atoms with van der Waals surface area (Å²) in [6, 6.07) is -0.510. The Balaban J connectivity index is 2.10. The molecule has 7 nitrogen and oxygen atoms in total. The Kier molecular flexibility index (Phi) is 3.32. The molecule has 0 aromatic rings. The van der Waals surface area contributed by atoms with E-state index in [1.54, 1.807) is 0 Å². The van der Waals surface area contributed by atoms with Gasteiger partial charge in [-0.05, 0) is 0 Å². The maximum absolute atomic E-state index is 12.1. The largest absolute Gasteiger partial charge is 0.394 e. The first kappa shape index (κ1) is 12.3. The lowest BCUT2D eigenvalue weighted by Gasteiger charge is -2.30.